The van der Waals surface area contributed by atoms with Crippen LogP contribution in [0.5, 0.6) is 0 Å². The molecule has 0 aliphatic rings. The van der Waals surface area contributed by atoms with Gasteiger partial charge in [-0.3, -0.25) is 0 Å². The summed E-state index contributed by atoms with van der Waals surface area (Å²) in [4.78, 5) is 6.45. The second-order valence-corrected chi connectivity index (χ2v) is 6.76. The molecule has 142 valence electrons. The predicted octanol–water partition coefficient (Wildman–Crippen LogP) is 2.97. The van der Waals surface area contributed by atoms with Gasteiger partial charge in [-0.05, 0) is 30.2 Å². The molecule has 0 bridgehead atoms. The summed E-state index contributed by atoms with van der Waals surface area (Å²) in [5.74, 6) is 1.10. The molecule has 3 rings (SSSR count). The molecule has 1 aromatic heterocycles. The fourth-order valence-corrected chi connectivity index (χ4v) is 2.97. The number of rotatable bonds is 9. The Hall–Kier alpha value is -2.47. The van der Waals surface area contributed by atoms with Gasteiger partial charge >= 0.3 is 0 Å². The van der Waals surface area contributed by atoms with Crippen LogP contribution in [0.15, 0.2) is 65.2 Å². The Labute approximate surface area is 159 Å². The monoisotopic (exact) mass is 366 g/mol. The number of benzene rings is 2. The maximum absolute atomic E-state index is 10.4. The third-order valence-electron chi connectivity index (χ3n) is 4.54. The lowest BCUT2D eigenvalue weighted by atomic mass is 10.1. The van der Waals surface area contributed by atoms with Gasteiger partial charge in [0.1, 0.15) is 5.76 Å². The van der Waals surface area contributed by atoms with Gasteiger partial charge in [-0.1, -0.05) is 54.6 Å². The maximum Gasteiger partial charge on any atom is 0.227 e. The van der Waals surface area contributed by atoms with Gasteiger partial charge < -0.3 is 19.5 Å². The fourth-order valence-electron chi connectivity index (χ4n) is 2.97. The minimum atomic E-state index is -0.838. The third kappa shape index (κ3) is 5.50. The summed E-state index contributed by atoms with van der Waals surface area (Å²) < 4.78 is 5.73. The zero-order valence-electron chi connectivity index (χ0n) is 15.6. The quantitative estimate of drug-likeness (QED) is 0.609. The molecule has 1 atom stereocenters. The van der Waals surface area contributed by atoms with E-state index in [0.717, 1.165) is 36.4 Å². The highest BCUT2D eigenvalue weighted by molar-refractivity contribution is 5.23. The van der Waals surface area contributed by atoms with E-state index in [-0.39, 0.29) is 6.61 Å². The second kappa shape index (κ2) is 9.46. The largest absolute Gasteiger partial charge is 0.442 e. The van der Waals surface area contributed by atoms with E-state index < -0.39 is 6.10 Å². The maximum atomic E-state index is 10.4. The van der Waals surface area contributed by atoms with Crippen LogP contribution in [0.2, 0.25) is 0 Å². The van der Waals surface area contributed by atoms with Gasteiger partial charge in [-0.2, -0.15) is 0 Å². The highest BCUT2D eigenvalue weighted by Gasteiger charge is 2.16. The van der Waals surface area contributed by atoms with Crippen molar-refractivity contribution in [3.8, 4) is 0 Å². The number of aliphatic hydroxyl groups excluding tert-OH is 2. The average molecular weight is 366 g/mol. The van der Waals surface area contributed by atoms with Crippen molar-refractivity contribution in [2.75, 3.05) is 20.2 Å². The van der Waals surface area contributed by atoms with Crippen LogP contribution in [0, 0.1) is 0 Å². The van der Waals surface area contributed by atoms with Gasteiger partial charge in [0.15, 0.2) is 6.10 Å². The van der Waals surface area contributed by atoms with Crippen LogP contribution in [0.3, 0.4) is 0 Å². The molecule has 0 radical (unpaired) electrons. The van der Waals surface area contributed by atoms with Crippen molar-refractivity contribution in [3.63, 3.8) is 0 Å². The van der Waals surface area contributed by atoms with E-state index in [4.69, 9.17) is 9.52 Å². The van der Waals surface area contributed by atoms with Crippen molar-refractivity contribution < 1.29 is 14.6 Å². The number of likely N-dealkylation sites (N-methyl/N-ethyl adjacent to an activating group) is 1. The van der Waals surface area contributed by atoms with Crippen molar-refractivity contribution in [2.45, 2.75) is 25.5 Å². The van der Waals surface area contributed by atoms with E-state index >= 15 is 0 Å². The summed E-state index contributed by atoms with van der Waals surface area (Å²) in [7, 11) is 2.07. The first-order valence-corrected chi connectivity index (χ1v) is 9.20. The molecule has 0 aliphatic heterocycles. The van der Waals surface area contributed by atoms with Crippen LogP contribution in [-0.2, 0) is 19.4 Å². The van der Waals surface area contributed by atoms with Crippen molar-refractivity contribution in [1.82, 2.24) is 9.88 Å². The first-order valence-electron chi connectivity index (χ1n) is 9.20. The number of aliphatic hydroxyl groups is 2. The molecule has 0 spiro atoms. The zero-order valence-corrected chi connectivity index (χ0v) is 15.6. The lowest BCUT2D eigenvalue weighted by Crippen LogP contribution is -2.20. The van der Waals surface area contributed by atoms with E-state index in [1.807, 2.05) is 30.3 Å². The van der Waals surface area contributed by atoms with Crippen molar-refractivity contribution in [3.05, 3.63) is 89.1 Å². The molecule has 0 aliphatic carbocycles. The molecular formula is C22H26N2O3. The molecule has 1 unspecified atom stereocenters. The van der Waals surface area contributed by atoms with Crippen molar-refractivity contribution >= 4 is 0 Å². The summed E-state index contributed by atoms with van der Waals surface area (Å²) in [6, 6.07) is 17.7. The summed E-state index contributed by atoms with van der Waals surface area (Å²) in [6.07, 6.45) is 2.28. The SMILES string of the molecule is CN(CCc1cnc(C(O)c2ccccc2)o1)Cc1ccc(CCO)cc1. The number of hydrogen-bond acceptors (Lipinski definition) is 5. The van der Waals surface area contributed by atoms with Gasteiger partial charge in [-0.25, -0.2) is 4.98 Å². The summed E-state index contributed by atoms with van der Waals surface area (Å²) in [5, 5.41) is 19.3. The third-order valence-corrected chi connectivity index (χ3v) is 4.54. The fraction of sp³-hybridized carbons (Fsp3) is 0.318. The first-order chi connectivity index (χ1) is 13.2. The number of hydrogen-bond donors (Lipinski definition) is 2. The Morgan fingerprint density at radius 1 is 1.00 bits per heavy atom. The first kappa shape index (κ1) is 19.3. The summed E-state index contributed by atoms with van der Waals surface area (Å²) in [6.45, 7) is 1.85. The Morgan fingerprint density at radius 3 is 2.41 bits per heavy atom. The topological polar surface area (TPSA) is 69.7 Å². The highest BCUT2D eigenvalue weighted by Crippen LogP contribution is 2.21. The summed E-state index contributed by atoms with van der Waals surface area (Å²) in [5.41, 5.74) is 3.15. The van der Waals surface area contributed by atoms with Gasteiger partial charge in [0, 0.05) is 26.1 Å². The van der Waals surface area contributed by atoms with Crippen LogP contribution < -0.4 is 0 Å². The normalized spacial score (nSPS) is 12.4. The van der Waals surface area contributed by atoms with Gasteiger partial charge in [0.05, 0.1) is 6.20 Å². The molecule has 0 amide bonds. The molecule has 1 heterocycles. The standard InChI is InChI=1S/C22H26N2O3/c1-24(16-18-9-7-17(8-10-18)12-14-25)13-11-20-15-23-22(27-20)21(26)19-5-3-2-4-6-19/h2-10,15,21,25-26H,11-14,16H2,1H3. The van der Waals surface area contributed by atoms with Gasteiger partial charge in [0.2, 0.25) is 5.89 Å². The smallest absolute Gasteiger partial charge is 0.227 e. The molecule has 0 saturated carbocycles. The Kier molecular flexibility index (Phi) is 6.76. The molecule has 3 aromatic rings. The van der Waals surface area contributed by atoms with E-state index in [1.54, 1.807) is 6.20 Å². The van der Waals surface area contributed by atoms with Gasteiger partial charge in [0.25, 0.3) is 0 Å². The Balaban J connectivity index is 1.50. The molecule has 5 heteroatoms. The Bertz CT molecular complexity index is 815. The molecule has 2 aromatic carbocycles. The lowest BCUT2D eigenvalue weighted by Gasteiger charge is -2.16. The highest BCUT2D eigenvalue weighted by atomic mass is 16.4. The zero-order chi connectivity index (χ0) is 19.1. The Morgan fingerprint density at radius 2 is 1.70 bits per heavy atom. The molecule has 2 N–H and O–H groups in total. The van der Waals surface area contributed by atoms with Crippen LogP contribution in [-0.4, -0.2) is 40.3 Å². The lowest BCUT2D eigenvalue weighted by molar-refractivity contribution is 0.179. The van der Waals surface area contributed by atoms with Crippen molar-refractivity contribution in [1.29, 1.82) is 0 Å². The predicted molar refractivity (Wildman–Crippen MR) is 104 cm³/mol. The minimum Gasteiger partial charge on any atom is -0.442 e. The number of nitrogens with zero attached hydrogens (tertiary/aromatic N) is 2. The number of oxazole rings is 1. The minimum absolute atomic E-state index is 0.178. The molecular weight excluding hydrogens is 340 g/mol. The van der Waals surface area contributed by atoms with Gasteiger partial charge in [-0.15, -0.1) is 0 Å². The van der Waals surface area contributed by atoms with E-state index in [9.17, 15) is 5.11 Å². The molecule has 5 nitrogen and oxygen atoms in total. The van der Waals surface area contributed by atoms with Crippen LogP contribution in [0.1, 0.15) is 34.4 Å². The molecule has 0 fully saturated rings. The van der Waals surface area contributed by atoms with E-state index in [2.05, 4.69) is 41.2 Å². The number of aromatic nitrogens is 1. The van der Waals surface area contributed by atoms with E-state index in [1.165, 1.54) is 5.56 Å². The van der Waals surface area contributed by atoms with Crippen molar-refractivity contribution in [2.24, 2.45) is 0 Å². The molecule has 27 heavy (non-hydrogen) atoms. The average Bonchev–Trinajstić information content (AvgIpc) is 3.17. The van der Waals surface area contributed by atoms with Crippen LogP contribution >= 0.6 is 0 Å². The summed E-state index contributed by atoms with van der Waals surface area (Å²) >= 11 is 0. The van der Waals surface area contributed by atoms with Crippen LogP contribution in [0.4, 0.5) is 0 Å². The second-order valence-electron chi connectivity index (χ2n) is 6.76. The molecule has 0 saturated heterocycles. The van der Waals surface area contributed by atoms with E-state index in [0.29, 0.717) is 12.3 Å². The van der Waals surface area contributed by atoms with Crippen LogP contribution in [0.25, 0.3) is 0 Å².